The molecule has 0 spiro atoms. The summed E-state index contributed by atoms with van der Waals surface area (Å²) < 4.78 is 201. The van der Waals surface area contributed by atoms with Crippen molar-refractivity contribution < 1.29 is 90.9 Å². The monoisotopic (exact) mass is 1810 g/mol. The first kappa shape index (κ1) is 92.3. The van der Waals surface area contributed by atoms with E-state index in [1.165, 1.54) is 0 Å². The molecule has 0 amide bonds. The summed E-state index contributed by atoms with van der Waals surface area (Å²) in [6.45, 7) is 15.1. The van der Waals surface area contributed by atoms with E-state index < -0.39 is 95.9 Å². The Bertz CT molecular complexity index is 3180. The molecule has 8 aromatic rings. The van der Waals surface area contributed by atoms with Crippen LogP contribution in [0.4, 0.5) is 35.1 Å². The summed E-state index contributed by atoms with van der Waals surface area (Å²) in [5, 5.41) is 18.4. The van der Waals surface area contributed by atoms with E-state index in [2.05, 4.69) is 113 Å². The Hall–Kier alpha value is -0.790. The van der Waals surface area contributed by atoms with Crippen molar-refractivity contribution in [3.63, 3.8) is 0 Å². The molecule has 8 rings (SSSR count). The van der Waals surface area contributed by atoms with Crippen LogP contribution in [0.1, 0.15) is 96.7 Å². The zero-order valence-corrected chi connectivity index (χ0v) is 63.7. The maximum Gasteiger partial charge on any atom is 0.335 e. The molecule has 4 aromatic heterocycles. The maximum absolute atomic E-state index is 15.0. The number of aliphatic hydroxyl groups excluding tert-OH is 2. The van der Waals surface area contributed by atoms with Crippen LogP contribution in [0.25, 0.3) is 44.1 Å². The van der Waals surface area contributed by atoms with Crippen LogP contribution in [0.2, 0.25) is 0 Å². The summed E-state index contributed by atoms with van der Waals surface area (Å²) in [5.74, 6) is -8.35. The Labute approximate surface area is 590 Å². The van der Waals surface area contributed by atoms with E-state index in [0.717, 1.165) is 59.0 Å². The van der Waals surface area contributed by atoms with Crippen molar-refractivity contribution in [1.29, 1.82) is 0 Å². The topological polar surface area (TPSA) is 259 Å². The molecule has 0 atom stereocenters. The van der Waals surface area contributed by atoms with E-state index in [0.29, 0.717) is 41.9 Å². The van der Waals surface area contributed by atoms with Gasteiger partial charge >= 0.3 is 23.8 Å². The number of aliphatic hydroxyl groups is 2. The van der Waals surface area contributed by atoms with Crippen molar-refractivity contribution in [1.82, 2.24) is 35.0 Å². The number of carbonyl (C=O) groups excluding carboxylic acids is 1. The summed E-state index contributed by atoms with van der Waals surface area (Å²) in [4.78, 5) is 8.00. The Balaban J connectivity index is 0. The third kappa shape index (κ3) is 28.5. The molecule has 2 N–H and O–H groups in total. The fourth-order valence-electron chi connectivity index (χ4n) is 6.63. The van der Waals surface area contributed by atoms with E-state index in [4.69, 9.17) is 69.9 Å². The third-order valence-corrected chi connectivity index (χ3v) is 18.6. The van der Waals surface area contributed by atoms with Gasteiger partial charge in [-0.05, 0) is 94.9 Å². The smallest absolute Gasteiger partial charge is 0.335 e. The van der Waals surface area contributed by atoms with Gasteiger partial charge in [-0.1, -0.05) is 46.7 Å². The van der Waals surface area contributed by atoms with E-state index in [1.54, 1.807) is 27.7 Å². The van der Waals surface area contributed by atoms with Gasteiger partial charge in [-0.3, -0.25) is 9.13 Å². The van der Waals surface area contributed by atoms with Crippen LogP contribution < -0.4 is 0 Å². The quantitative estimate of drug-likeness (QED) is 0.0363. The van der Waals surface area contributed by atoms with Crippen molar-refractivity contribution in [3.8, 4) is 0 Å². The van der Waals surface area contributed by atoms with Crippen molar-refractivity contribution in [3.05, 3.63) is 92.1 Å². The van der Waals surface area contributed by atoms with Gasteiger partial charge in [0.2, 0.25) is 0 Å². The molecule has 0 saturated carbocycles. The molecule has 0 fully saturated rings. The molecule has 516 valence electrons. The summed E-state index contributed by atoms with van der Waals surface area (Å²) in [6, 6.07) is 2.07. The lowest BCUT2D eigenvalue weighted by Crippen LogP contribution is -2.07. The molecule has 0 unspecified atom stereocenters. The molecule has 91 heavy (non-hydrogen) atoms. The van der Waals surface area contributed by atoms with Crippen LogP contribution in [0, 0.1) is 46.5 Å². The molecule has 4 heterocycles. The molecular formula is C48H63Br5Cl2F8N8O12P4S4. The number of rotatable bonds is 22. The van der Waals surface area contributed by atoms with Crippen LogP contribution in [0.15, 0.2) is 12.1 Å². The third-order valence-electron chi connectivity index (χ3n) is 9.94. The van der Waals surface area contributed by atoms with Crippen molar-refractivity contribution >= 4 is 227 Å². The average Bonchev–Trinajstić information content (AvgIpc) is 1.78. The van der Waals surface area contributed by atoms with Crippen molar-refractivity contribution in [2.75, 3.05) is 51.6 Å². The van der Waals surface area contributed by atoms with E-state index >= 15 is 0 Å². The number of fused-ring (bicyclic) bond motifs is 4. The highest BCUT2D eigenvalue weighted by molar-refractivity contribution is 9.93. The van der Waals surface area contributed by atoms with Gasteiger partial charge < -0.3 is 46.7 Å². The second kappa shape index (κ2) is 49.7. The Morgan fingerprint density at radius 2 is 0.681 bits per heavy atom. The number of alkyl halides is 4. The Kier molecular flexibility index (Phi) is 50.4. The molecule has 0 radical (unpaired) electrons. The van der Waals surface area contributed by atoms with Crippen LogP contribution >= 0.6 is 176 Å². The number of hydrogen-bond donors (Lipinski definition) is 2. The number of halogens is 15. The van der Waals surface area contributed by atoms with Gasteiger partial charge in [0, 0.05) is 56.2 Å². The largest absolute Gasteiger partial charge is 0.391 e. The first-order chi connectivity index (χ1) is 42.4. The van der Waals surface area contributed by atoms with E-state index in [9.17, 15) is 44.3 Å². The fraction of sp³-hybridized carbons (Fsp3) is 0.479. The van der Waals surface area contributed by atoms with Crippen LogP contribution in [0.5, 0.6) is 0 Å². The number of aromatic nitrogens is 8. The minimum atomic E-state index is -3.72. The number of nitrogens with zero attached hydrogens (tertiary/aromatic N) is 8. The number of hydrogen-bond acceptors (Lipinski definition) is 24. The first-order valence-corrected chi connectivity index (χ1v) is 43.0. The highest BCUT2D eigenvalue weighted by Crippen LogP contribution is 2.59. The molecule has 0 aliphatic heterocycles. The van der Waals surface area contributed by atoms with Gasteiger partial charge in [0.25, 0.3) is 0 Å². The zero-order chi connectivity index (χ0) is 67.6. The highest BCUT2D eigenvalue weighted by Gasteiger charge is 2.35. The lowest BCUT2D eigenvalue weighted by Gasteiger charge is -2.20. The second-order valence-electron chi connectivity index (χ2n) is 15.2. The van der Waals surface area contributed by atoms with E-state index in [1.807, 2.05) is 27.6 Å². The summed E-state index contributed by atoms with van der Waals surface area (Å²) in [7, 11) is -8.50. The molecule has 0 aliphatic rings. The predicted octanol–water partition coefficient (Wildman–Crippen LogP) is 20.4. The first-order valence-electron chi connectivity index (χ1n) is 24.8. The number of benzene rings is 4. The molecular weight excluding hydrogens is 1760 g/mol. The molecule has 0 saturated heterocycles. The lowest BCUT2D eigenvalue weighted by molar-refractivity contribution is -0.0980. The van der Waals surface area contributed by atoms with Gasteiger partial charge in [0.05, 0.1) is 124 Å². The summed E-state index contributed by atoms with van der Waals surface area (Å²) in [6.07, 6.45) is -1.01. The Morgan fingerprint density at radius 3 is 0.912 bits per heavy atom. The highest BCUT2D eigenvalue weighted by atomic mass is 80.0. The van der Waals surface area contributed by atoms with Crippen molar-refractivity contribution in [2.45, 2.75) is 99.5 Å². The number of carbonyl (C=O) groups is 1. The van der Waals surface area contributed by atoms with Gasteiger partial charge in [0.1, 0.15) is 55.0 Å². The maximum atomic E-state index is 15.0. The lowest BCUT2D eigenvalue weighted by atomic mass is 10.1. The minimum Gasteiger partial charge on any atom is -0.391 e. The van der Waals surface area contributed by atoms with Gasteiger partial charge in [-0.2, -0.15) is 35.0 Å². The van der Waals surface area contributed by atoms with Gasteiger partial charge in [-0.15, -0.1) is 23.2 Å². The second-order valence-corrected chi connectivity index (χ2v) is 39.9. The van der Waals surface area contributed by atoms with Crippen molar-refractivity contribution in [2.24, 2.45) is 0 Å². The fourth-order valence-corrected chi connectivity index (χ4v) is 14.3. The molecule has 0 aliphatic carbocycles. The Morgan fingerprint density at radius 1 is 0.462 bits per heavy atom. The summed E-state index contributed by atoms with van der Waals surface area (Å²) >= 11 is 28.7. The van der Waals surface area contributed by atoms with Gasteiger partial charge in [-0.25, -0.2) is 35.1 Å². The zero-order valence-electron chi connectivity index (χ0n) is 47.4. The van der Waals surface area contributed by atoms with E-state index in [-0.39, 0.29) is 117 Å². The van der Waals surface area contributed by atoms with Crippen LogP contribution in [-0.4, -0.2) is 104 Å². The SMILES string of the molecule is BrP(Br)Br.C.C.C=O.CCOP(=O)(Cc1c(F)c(F)c(CP(=O)(OCC)OCC)c2nsnc12)OCC.CCOP(OCC)OCC.ClCCl.Fc1c(F)c(CBr)c2nsnc2c1CBr.Fc1cc2nsnc2cc1F.OCc1c(F)c(F)c(CO)c2nsnc12. The molecule has 0 bridgehead atoms. The summed E-state index contributed by atoms with van der Waals surface area (Å²) in [5.41, 5.74) is 1.37. The average molecular weight is 1820 g/mol. The van der Waals surface area contributed by atoms with Gasteiger partial charge in [0.15, 0.2) is 46.5 Å². The molecule has 4 aromatic carbocycles. The predicted molar refractivity (Wildman–Crippen MR) is 368 cm³/mol. The standard InChI is InChI=1S/C16H24F2N2O6P2S.C8H4Br2F2N2S.C8H6F2N2O2S.C6H2F2N2S.C6H15O3P.CH2Cl2.CH2O.2CH4.Br3P/c1-5-23-27(21,24-6-2)9-11-13(17)14(18)12(16-15(11)19-29-20-16)10-28(22,25-7-3)26-8-4;9-1-3-5(11)6(12)4(2-10)8-7(3)13-15-14-8;9-5-3(1-13)7-8(12-15-11-7)4(2-14)6(5)10;7-3-1-5-6(2-4(3)8)10-11-9-5;1-4-7-10(8-5-2)9-6-3;2-1-3;1-2;;;1-4(2)3/h5-10H2,1-4H3;1-2H2;13-14H,1-2H2;1-2H;4-6H2,1-3H3;1H2;1H2;2*1H4;. The molecule has 43 heteroatoms. The molecule has 20 nitrogen and oxygen atoms in total. The normalized spacial score (nSPS) is 10.9. The minimum absolute atomic E-state index is 0. The van der Waals surface area contributed by atoms with Crippen LogP contribution in [0.3, 0.4) is 0 Å². The van der Waals surface area contributed by atoms with Crippen LogP contribution in [-0.2, 0) is 81.8 Å².